The quantitative estimate of drug-likeness (QED) is 0.188. The predicted octanol–water partition coefficient (Wildman–Crippen LogP) is -0.439. The van der Waals surface area contributed by atoms with E-state index in [2.05, 4.69) is 10.3 Å². The molecule has 1 saturated heterocycles. The highest BCUT2D eigenvalue weighted by molar-refractivity contribution is 6.03. The Balaban J connectivity index is 2.23. The molecule has 1 unspecified atom stereocenters. The second kappa shape index (κ2) is 12.0. The lowest BCUT2D eigenvalue weighted by atomic mass is 9.99. The molecule has 0 saturated carbocycles. The molecule has 1 heterocycles. The third-order valence-electron chi connectivity index (χ3n) is 5.23. The molecule has 0 aliphatic carbocycles. The molecule has 2 amide bonds. The molecular weight excluding hydrogens is 400 g/mol. The fraction of sp³-hybridized carbons (Fsp3) is 0.524. The van der Waals surface area contributed by atoms with Crippen LogP contribution in [0.3, 0.4) is 0 Å². The zero-order valence-electron chi connectivity index (χ0n) is 17.6. The third-order valence-corrected chi connectivity index (χ3v) is 5.23. The number of carboxylic acid groups (broad SMARTS) is 1. The summed E-state index contributed by atoms with van der Waals surface area (Å²) in [5, 5.41) is 12.9. The zero-order valence-corrected chi connectivity index (χ0v) is 17.6. The number of aliphatic imine (C=N–C) groups is 1. The summed E-state index contributed by atoms with van der Waals surface area (Å²) in [6.07, 6.45) is 2.79. The summed E-state index contributed by atoms with van der Waals surface area (Å²) < 4.78 is 0. The predicted molar refractivity (Wildman–Crippen MR) is 117 cm³/mol. The molecule has 1 fully saturated rings. The molecule has 1 aromatic carbocycles. The average molecular weight is 433 g/mol. The minimum atomic E-state index is -1.35. The Morgan fingerprint density at radius 1 is 1.19 bits per heavy atom. The molecule has 1 aliphatic heterocycles. The normalized spacial score (nSPS) is 17.9. The molecule has 0 bridgehead atoms. The van der Waals surface area contributed by atoms with Crippen LogP contribution in [0.4, 0.5) is 0 Å². The smallest absolute Gasteiger partial charge is 0.326 e. The molecule has 2 rings (SSSR count). The first-order valence-corrected chi connectivity index (χ1v) is 10.5. The van der Waals surface area contributed by atoms with Crippen LogP contribution in [0.2, 0.25) is 0 Å². The number of guanidine groups is 1. The highest BCUT2D eigenvalue weighted by Gasteiger charge is 2.40. The van der Waals surface area contributed by atoms with Gasteiger partial charge in [-0.1, -0.05) is 36.8 Å². The Bertz CT molecular complexity index is 775. The van der Waals surface area contributed by atoms with Crippen molar-refractivity contribution in [3.05, 3.63) is 35.9 Å². The van der Waals surface area contributed by atoms with Crippen molar-refractivity contribution in [1.82, 2.24) is 10.2 Å². The van der Waals surface area contributed by atoms with Gasteiger partial charge in [0.25, 0.3) is 0 Å². The number of carbonyl (C=O) groups excluding carboxylic acids is 2. The van der Waals surface area contributed by atoms with E-state index >= 15 is 0 Å². The van der Waals surface area contributed by atoms with Crippen molar-refractivity contribution in [2.45, 2.75) is 56.7 Å². The number of piperidine rings is 1. The SMILES string of the molecule is NC(N)=NCCC[C@@H](C(=O)O)N(C(=O)C1CCCCN1)C(=O)[C@@H](N)Cc1ccccc1. The number of hydrogen-bond donors (Lipinski definition) is 5. The van der Waals surface area contributed by atoms with Crippen molar-refractivity contribution in [3.63, 3.8) is 0 Å². The highest BCUT2D eigenvalue weighted by atomic mass is 16.4. The molecule has 8 N–H and O–H groups in total. The van der Waals surface area contributed by atoms with Gasteiger partial charge in [-0.3, -0.25) is 19.5 Å². The molecule has 1 aliphatic rings. The molecule has 10 nitrogen and oxygen atoms in total. The highest BCUT2D eigenvalue weighted by Crippen LogP contribution is 2.17. The van der Waals surface area contributed by atoms with Gasteiger partial charge in [0, 0.05) is 6.54 Å². The summed E-state index contributed by atoms with van der Waals surface area (Å²) in [4.78, 5) is 43.2. The number of carboxylic acids is 1. The van der Waals surface area contributed by atoms with E-state index < -0.39 is 35.9 Å². The number of aliphatic carboxylic acids is 1. The molecule has 170 valence electrons. The van der Waals surface area contributed by atoms with Gasteiger partial charge in [-0.15, -0.1) is 0 Å². The van der Waals surface area contributed by atoms with Crippen molar-refractivity contribution < 1.29 is 19.5 Å². The molecular formula is C21H32N6O4. The lowest BCUT2D eigenvalue weighted by Gasteiger charge is -2.34. The molecule has 31 heavy (non-hydrogen) atoms. The monoisotopic (exact) mass is 432 g/mol. The molecule has 0 aromatic heterocycles. The summed E-state index contributed by atoms with van der Waals surface area (Å²) in [5.74, 6) is -2.63. The van der Waals surface area contributed by atoms with Crippen LogP contribution < -0.4 is 22.5 Å². The number of nitrogens with zero attached hydrogens (tertiary/aromatic N) is 2. The Labute approximate surface area is 181 Å². The van der Waals surface area contributed by atoms with Crippen LogP contribution in [0.1, 0.15) is 37.7 Å². The van der Waals surface area contributed by atoms with Crippen molar-refractivity contribution in [2.75, 3.05) is 13.1 Å². The van der Waals surface area contributed by atoms with Gasteiger partial charge in [0.2, 0.25) is 11.8 Å². The zero-order chi connectivity index (χ0) is 22.8. The largest absolute Gasteiger partial charge is 0.480 e. The lowest BCUT2D eigenvalue weighted by molar-refractivity contribution is -0.160. The lowest BCUT2D eigenvalue weighted by Crippen LogP contribution is -2.59. The van der Waals surface area contributed by atoms with Gasteiger partial charge >= 0.3 is 5.97 Å². The van der Waals surface area contributed by atoms with Crippen LogP contribution in [-0.4, -0.2) is 65.0 Å². The number of nitrogens with two attached hydrogens (primary N) is 3. The van der Waals surface area contributed by atoms with Crippen molar-refractivity contribution >= 4 is 23.7 Å². The Morgan fingerprint density at radius 2 is 1.90 bits per heavy atom. The van der Waals surface area contributed by atoms with Crippen molar-refractivity contribution in [2.24, 2.45) is 22.2 Å². The van der Waals surface area contributed by atoms with Gasteiger partial charge in [0.15, 0.2) is 5.96 Å². The minimum absolute atomic E-state index is 0.0222. The summed E-state index contributed by atoms with van der Waals surface area (Å²) in [7, 11) is 0. The maximum atomic E-state index is 13.2. The van der Waals surface area contributed by atoms with Crippen LogP contribution in [0.25, 0.3) is 0 Å². The fourth-order valence-corrected chi connectivity index (χ4v) is 3.64. The van der Waals surface area contributed by atoms with E-state index in [9.17, 15) is 19.5 Å². The number of amides is 2. The van der Waals surface area contributed by atoms with E-state index in [1.54, 1.807) is 0 Å². The van der Waals surface area contributed by atoms with E-state index in [0.29, 0.717) is 13.0 Å². The maximum absolute atomic E-state index is 13.2. The van der Waals surface area contributed by atoms with Gasteiger partial charge in [-0.25, -0.2) is 4.79 Å². The Hall–Kier alpha value is -2.98. The number of benzene rings is 1. The summed E-state index contributed by atoms with van der Waals surface area (Å²) in [6, 6.07) is 6.14. The fourth-order valence-electron chi connectivity index (χ4n) is 3.64. The van der Waals surface area contributed by atoms with Gasteiger partial charge in [0.05, 0.1) is 12.1 Å². The third kappa shape index (κ3) is 7.34. The molecule has 1 aromatic rings. The Kier molecular flexibility index (Phi) is 9.41. The minimum Gasteiger partial charge on any atom is -0.480 e. The topological polar surface area (TPSA) is 177 Å². The van der Waals surface area contributed by atoms with Gasteiger partial charge in [-0.2, -0.15) is 0 Å². The van der Waals surface area contributed by atoms with E-state index in [0.717, 1.165) is 23.3 Å². The number of imide groups is 1. The molecule has 0 spiro atoms. The van der Waals surface area contributed by atoms with Crippen LogP contribution in [0, 0.1) is 0 Å². The van der Waals surface area contributed by atoms with Crippen LogP contribution in [-0.2, 0) is 20.8 Å². The standard InChI is InChI=1S/C21H32N6O4/c22-15(13-14-7-2-1-3-8-14)18(28)27(19(29)16-9-4-5-11-25-16)17(20(30)31)10-6-12-26-21(23)24/h1-3,7-8,15-17,25H,4-6,9-13,22H2,(H,30,31)(H4,23,24,26)/t15-,16?,17-/m0/s1. The average Bonchev–Trinajstić information content (AvgIpc) is 2.76. The summed E-state index contributed by atoms with van der Waals surface area (Å²) in [6.45, 7) is 0.830. The van der Waals surface area contributed by atoms with E-state index in [4.69, 9.17) is 17.2 Å². The van der Waals surface area contributed by atoms with Crippen molar-refractivity contribution in [1.29, 1.82) is 0 Å². The first-order chi connectivity index (χ1) is 14.8. The maximum Gasteiger partial charge on any atom is 0.326 e. The molecule has 10 heteroatoms. The van der Waals surface area contributed by atoms with Gasteiger partial charge < -0.3 is 27.6 Å². The number of hydrogen-bond acceptors (Lipinski definition) is 6. The van der Waals surface area contributed by atoms with Gasteiger partial charge in [0.1, 0.15) is 6.04 Å². The second-order valence-corrected chi connectivity index (χ2v) is 7.65. The van der Waals surface area contributed by atoms with Crippen LogP contribution in [0.15, 0.2) is 35.3 Å². The van der Waals surface area contributed by atoms with Gasteiger partial charge in [-0.05, 0) is 44.2 Å². The van der Waals surface area contributed by atoms with E-state index in [1.807, 2.05) is 30.3 Å². The first-order valence-electron chi connectivity index (χ1n) is 10.5. The first kappa shape index (κ1) is 24.3. The van der Waals surface area contributed by atoms with E-state index in [1.165, 1.54) is 0 Å². The summed E-state index contributed by atoms with van der Waals surface area (Å²) in [5.41, 5.74) is 17.6. The summed E-state index contributed by atoms with van der Waals surface area (Å²) >= 11 is 0. The Morgan fingerprint density at radius 3 is 2.48 bits per heavy atom. The van der Waals surface area contributed by atoms with E-state index in [-0.39, 0.29) is 31.8 Å². The number of nitrogens with one attached hydrogen (secondary N) is 1. The molecule has 0 radical (unpaired) electrons. The van der Waals surface area contributed by atoms with Crippen molar-refractivity contribution in [3.8, 4) is 0 Å². The van der Waals surface area contributed by atoms with Crippen LogP contribution in [0.5, 0.6) is 0 Å². The number of carbonyl (C=O) groups is 3. The molecule has 3 atom stereocenters. The van der Waals surface area contributed by atoms with Crippen LogP contribution >= 0.6 is 0 Å². The second-order valence-electron chi connectivity index (χ2n) is 7.65. The number of rotatable bonds is 10.